The van der Waals surface area contributed by atoms with Crippen molar-refractivity contribution < 1.29 is 22.0 Å². The second-order valence-corrected chi connectivity index (χ2v) is 2.53. The van der Waals surface area contributed by atoms with Gasteiger partial charge in [-0.05, 0) is 6.07 Å². The van der Waals surface area contributed by atoms with Crippen molar-refractivity contribution in [1.29, 1.82) is 5.26 Å². The molecule has 0 fully saturated rings. The minimum absolute atomic E-state index is 0.602. The molecule has 0 saturated heterocycles. The second-order valence-electron chi connectivity index (χ2n) is 2.53. The van der Waals surface area contributed by atoms with E-state index in [-0.39, 0.29) is 0 Å². The maximum absolute atomic E-state index is 12.2. The molecular formula is C8H3F5N2. The lowest BCUT2D eigenvalue weighted by Gasteiger charge is -2.09. The van der Waals surface area contributed by atoms with E-state index in [4.69, 9.17) is 5.26 Å². The number of alkyl halides is 5. The molecule has 0 bridgehead atoms. The van der Waals surface area contributed by atoms with Crippen LogP contribution in [0, 0.1) is 11.3 Å². The fourth-order valence-corrected chi connectivity index (χ4v) is 0.991. The van der Waals surface area contributed by atoms with Crippen LogP contribution in [0.15, 0.2) is 12.3 Å². The van der Waals surface area contributed by atoms with Gasteiger partial charge in [-0.3, -0.25) is 4.98 Å². The van der Waals surface area contributed by atoms with Gasteiger partial charge in [-0.2, -0.15) is 18.4 Å². The quantitative estimate of drug-likeness (QED) is 0.685. The van der Waals surface area contributed by atoms with Crippen LogP contribution in [-0.4, -0.2) is 4.98 Å². The lowest BCUT2D eigenvalue weighted by Crippen LogP contribution is -2.12. The summed E-state index contributed by atoms with van der Waals surface area (Å²) in [5.74, 6) is 0. The molecule has 2 nitrogen and oxygen atoms in total. The van der Waals surface area contributed by atoms with Gasteiger partial charge in [-0.15, -0.1) is 0 Å². The summed E-state index contributed by atoms with van der Waals surface area (Å²) >= 11 is 0. The summed E-state index contributed by atoms with van der Waals surface area (Å²) in [6.07, 6.45) is -7.44. The summed E-state index contributed by atoms with van der Waals surface area (Å²) in [4.78, 5) is 2.88. The summed E-state index contributed by atoms with van der Waals surface area (Å²) in [5.41, 5.74) is -3.66. The van der Waals surface area contributed by atoms with Crippen LogP contribution >= 0.6 is 0 Å². The zero-order valence-corrected chi connectivity index (χ0v) is 7.02. The monoisotopic (exact) mass is 222 g/mol. The van der Waals surface area contributed by atoms with Crippen molar-refractivity contribution in [3.8, 4) is 6.07 Å². The molecule has 1 aromatic rings. The molecule has 0 N–H and O–H groups in total. The van der Waals surface area contributed by atoms with Gasteiger partial charge < -0.3 is 0 Å². The van der Waals surface area contributed by atoms with Gasteiger partial charge in [-0.1, -0.05) is 0 Å². The fourth-order valence-electron chi connectivity index (χ4n) is 0.991. The third kappa shape index (κ3) is 2.21. The molecule has 0 aliphatic rings. The maximum Gasteiger partial charge on any atom is 0.434 e. The lowest BCUT2D eigenvalue weighted by atomic mass is 10.1. The molecule has 0 atom stereocenters. The molecule has 1 heterocycles. The number of hydrogen-bond acceptors (Lipinski definition) is 2. The SMILES string of the molecule is N#Cc1c(C(F)F)ccnc1C(F)(F)F. The minimum Gasteiger partial charge on any atom is -0.250 e. The first kappa shape index (κ1) is 11.4. The number of rotatable bonds is 1. The fraction of sp³-hybridized carbons (Fsp3) is 0.250. The van der Waals surface area contributed by atoms with E-state index in [2.05, 4.69) is 4.98 Å². The highest BCUT2D eigenvalue weighted by Crippen LogP contribution is 2.33. The Balaban J connectivity index is 3.44. The van der Waals surface area contributed by atoms with Crippen molar-refractivity contribution >= 4 is 0 Å². The molecule has 0 aromatic carbocycles. The predicted molar refractivity (Wildman–Crippen MR) is 38.9 cm³/mol. The molecule has 0 amide bonds. The second kappa shape index (κ2) is 3.81. The van der Waals surface area contributed by atoms with Crippen LogP contribution in [0.3, 0.4) is 0 Å². The molecule has 0 spiro atoms. The molecular weight excluding hydrogens is 219 g/mol. The van der Waals surface area contributed by atoms with Crippen molar-refractivity contribution in [3.63, 3.8) is 0 Å². The van der Waals surface area contributed by atoms with E-state index in [1.165, 1.54) is 0 Å². The van der Waals surface area contributed by atoms with Gasteiger partial charge in [-0.25, -0.2) is 8.78 Å². The normalized spacial score (nSPS) is 11.5. The molecule has 0 aliphatic carbocycles. The lowest BCUT2D eigenvalue weighted by molar-refractivity contribution is -0.141. The Morgan fingerprint density at radius 3 is 2.33 bits per heavy atom. The highest BCUT2D eigenvalue weighted by Gasteiger charge is 2.37. The van der Waals surface area contributed by atoms with Crippen LogP contribution in [0.1, 0.15) is 23.2 Å². The smallest absolute Gasteiger partial charge is 0.250 e. The Bertz CT molecular complexity index is 404. The number of aromatic nitrogens is 1. The van der Waals surface area contributed by atoms with E-state index in [0.717, 1.165) is 6.07 Å². The van der Waals surface area contributed by atoms with Crippen LogP contribution in [0.2, 0.25) is 0 Å². The number of nitriles is 1. The Kier molecular flexibility index (Phi) is 2.88. The Morgan fingerprint density at radius 2 is 1.93 bits per heavy atom. The summed E-state index contributed by atoms with van der Waals surface area (Å²) in [6, 6.07) is 1.78. The average Bonchev–Trinajstić information content (AvgIpc) is 2.15. The van der Waals surface area contributed by atoms with Gasteiger partial charge in [0.05, 0.1) is 5.56 Å². The first-order valence-corrected chi connectivity index (χ1v) is 3.62. The van der Waals surface area contributed by atoms with Crippen LogP contribution in [0.4, 0.5) is 22.0 Å². The third-order valence-corrected chi connectivity index (χ3v) is 1.60. The summed E-state index contributed by atoms with van der Waals surface area (Å²) in [5, 5.41) is 8.39. The zero-order chi connectivity index (χ0) is 11.6. The van der Waals surface area contributed by atoms with E-state index < -0.39 is 29.4 Å². The highest BCUT2D eigenvalue weighted by molar-refractivity contribution is 5.42. The van der Waals surface area contributed by atoms with E-state index in [1.807, 2.05) is 0 Å². The van der Waals surface area contributed by atoms with Crippen molar-refractivity contribution in [2.24, 2.45) is 0 Å². The van der Waals surface area contributed by atoms with Crippen molar-refractivity contribution in [3.05, 3.63) is 29.1 Å². The molecule has 80 valence electrons. The van der Waals surface area contributed by atoms with Crippen molar-refractivity contribution in [2.45, 2.75) is 12.6 Å². The van der Waals surface area contributed by atoms with Gasteiger partial charge in [0.15, 0.2) is 5.69 Å². The van der Waals surface area contributed by atoms with Crippen LogP contribution in [0.5, 0.6) is 0 Å². The van der Waals surface area contributed by atoms with Crippen LogP contribution < -0.4 is 0 Å². The van der Waals surface area contributed by atoms with Crippen molar-refractivity contribution in [1.82, 2.24) is 4.98 Å². The maximum atomic E-state index is 12.2. The molecule has 1 rings (SSSR count). The highest BCUT2D eigenvalue weighted by atomic mass is 19.4. The first-order chi connectivity index (χ1) is 6.88. The van der Waals surface area contributed by atoms with Crippen LogP contribution in [-0.2, 0) is 6.18 Å². The molecule has 7 heteroatoms. The predicted octanol–water partition coefficient (Wildman–Crippen LogP) is 2.91. The van der Waals surface area contributed by atoms with Gasteiger partial charge in [0.2, 0.25) is 0 Å². The summed E-state index contributed by atoms with van der Waals surface area (Å²) < 4.78 is 61.1. The van der Waals surface area contributed by atoms with Crippen LogP contribution in [0.25, 0.3) is 0 Å². The number of nitrogens with zero attached hydrogens (tertiary/aromatic N) is 2. The van der Waals surface area contributed by atoms with Gasteiger partial charge in [0.1, 0.15) is 6.07 Å². The third-order valence-electron chi connectivity index (χ3n) is 1.60. The topological polar surface area (TPSA) is 36.7 Å². The van der Waals surface area contributed by atoms with E-state index in [9.17, 15) is 22.0 Å². The molecule has 1 aromatic heterocycles. The zero-order valence-electron chi connectivity index (χ0n) is 7.02. The Labute approximate surface area is 81.0 Å². The number of halogens is 5. The van der Waals surface area contributed by atoms with Gasteiger partial charge >= 0.3 is 6.18 Å². The summed E-state index contributed by atoms with van der Waals surface area (Å²) in [7, 11) is 0. The van der Waals surface area contributed by atoms with E-state index in [1.54, 1.807) is 0 Å². The van der Waals surface area contributed by atoms with E-state index >= 15 is 0 Å². The summed E-state index contributed by atoms with van der Waals surface area (Å²) in [6.45, 7) is 0. The van der Waals surface area contributed by atoms with E-state index in [0.29, 0.717) is 12.3 Å². The molecule has 0 unspecified atom stereocenters. The Hall–Kier alpha value is -1.71. The number of pyridine rings is 1. The number of hydrogen-bond donors (Lipinski definition) is 0. The Morgan fingerprint density at radius 1 is 1.33 bits per heavy atom. The largest absolute Gasteiger partial charge is 0.434 e. The van der Waals surface area contributed by atoms with Gasteiger partial charge in [0.25, 0.3) is 6.43 Å². The molecule has 0 saturated carbocycles. The molecule has 0 radical (unpaired) electrons. The molecule has 15 heavy (non-hydrogen) atoms. The first-order valence-electron chi connectivity index (χ1n) is 3.62. The molecule has 0 aliphatic heterocycles. The average molecular weight is 222 g/mol. The standard InChI is InChI=1S/C8H3F5N2/c9-7(10)4-1-2-15-6(5(4)3-14)8(11,12)13/h1-2,7H. The minimum atomic E-state index is -4.91. The van der Waals surface area contributed by atoms with Crippen molar-refractivity contribution in [2.75, 3.05) is 0 Å². The van der Waals surface area contributed by atoms with Gasteiger partial charge in [0, 0.05) is 11.8 Å².